The summed E-state index contributed by atoms with van der Waals surface area (Å²) in [6, 6.07) is 5.81. The van der Waals surface area contributed by atoms with Crippen LogP contribution in [0.2, 0.25) is 0 Å². The molecule has 1 N–H and O–H groups in total. The van der Waals surface area contributed by atoms with Crippen molar-refractivity contribution in [1.29, 1.82) is 0 Å². The van der Waals surface area contributed by atoms with Crippen LogP contribution in [0.4, 0.5) is 5.82 Å². The number of rotatable bonds is 7. The molecule has 1 saturated heterocycles. The first-order chi connectivity index (χ1) is 10.1. The van der Waals surface area contributed by atoms with Gasteiger partial charge in [-0.25, -0.2) is 18.1 Å². The number of sulfonamides is 1. The van der Waals surface area contributed by atoms with Crippen molar-refractivity contribution < 1.29 is 8.42 Å². The van der Waals surface area contributed by atoms with E-state index in [0.29, 0.717) is 6.54 Å². The molecule has 0 saturated carbocycles. The van der Waals surface area contributed by atoms with Gasteiger partial charge in [0.2, 0.25) is 10.0 Å². The van der Waals surface area contributed by atoms with Gasteiger partial charge in [0.15, 0.2) is 0 Å². The summed E-state index contributed by atoms with van der Waals surface area (Å²) in [6.07, 6.45) is 6.39. The minimum absolute atomic E-state index is 0.00705. The smallest absolute Gasteiger partial charge is 0.211 e. The number of nitrogens with one attached hydrogen (secondary N) is 1. The lowest BCUT2D eigenvalue weighted by Crippen LogP contribution is -2.48. The lowest BCUT2D eigenvalue weighted by atomic mass is 10.1. The first-order valence-corrected chi connectivity index (χ1v) is 9.42. The predicted octanol–water partition coefficient (Wildman–Crippen LogP) is 2.16. The molecule has 1 aliphatic rings. The first-order valence-electron chi connectivity index (χ1n) is 7.76. The quantitative estimate of drug-likeness (QED) is 0.784. The minimum Gasteiger partial charge on any atom is -0.355 e. The Morgan fingerprint density at radius 3 is 2.95 bits per heavy atom. The summed E-state index contributed by atoms with van der Waals surface area (Å²) in [6.45, 7) is 3.71. The minimum atomic E-state index is -3.16. The number of pyridine rings is 1. The Labute approximate surface area is 127 Å². The summed E-state index contributed by atoms with van der Waals surface area (Å²) >= 11 is 0. The fourth-order valence-corrected chi connectivity index (χ4v) is 4.08. The van der Waals surface area contributed by atoms with Crippen LogP contribution in [0.5, 0.6) is 0 Å². The standard InChI is InChI=1S/C15H25N3O2S/c1-2-3-6-12-21(19,20)17-14-8-7-11-18(13-14)15-9-4-5-10-16-15/h4-5,9-10,14,17H,2-3,6-8,11-13H2,1H3. The molecular formula is C15H25N3O2S. The van der Waals surface area contributed by atoms with Crippen LogP contribution in [0, 0.1) is 0 Å². The molecule has 1 aliphatic heterocycles. The van der Waals surface area contributed by atoms with Gasteiger partial charge in [0, 0.05) is 25.3 Å². The zero-order valence-electron chi connectivity index (χ0n) is 12.7. The second-order valence-corrected chi connectivity index (χ2v) is 7.49. The molecule has 6 heteroatoms. The van der Waals surface area contributed by atoms with E-state index in [0.717, 1.165) is 44.5 Å². The summed E-state index contributed by atoms with van der Waals surface area (Å²) in [5.41, 5.74) is 0. The van der Waals surface area contributed by atoms with Gasteiger partial charge in [-0.3, -0.25) is 0 Å². The second-order valence-electron chi connectivity index (χ2n) is 5.62. The van der Waals surface area contributed by atoms with Crippen LogP contribution in [0.15, 0.2) is 24.4 Å². The molecular weight excluding hydrogens is 286 g/mol. The van der Waals surface area contributed by atoms with Gasteiger partial charge in [0.25, 0.3) is 0 Å². The van der Waals surface area contributed by atoms with E-state index in [1.165, 1.54) is 0 Å². The van der Waals surface area contributed by atoms with E-state index in [4.69, 9.17) is 0 Å². The lowest BCUT2D eigenvalue weighted by Gasteiger charge is -2.33. The van der Waals surface area contributed by atoms with Crippen LogP contribution in [0.25, 0.3) is 0 Å². The van der Waals surface area contributed by atoms with Gasteiger partial charge < -0.3 is 4.90 Å². The highest BCUT2D eigenvalue weighted by atomic mass is 32.2. The van der Waals surface area contributed by atoms with Crippen molar-refractivity contribution in [3.05, 3.63) is 24.4 Å². The molecule has 1 unspecified atom stereocenters. The Morgan fingerprint density at radius 2 is 2.24 bits per heavy atom. The molecule has 0 aliphatic carbocycles. The summed E-state index contributed by atoms with van der Waals surface area (Å²) in [5, 5.41) is 0. The van der Waals surface area contributed by atoms with Gasteiger partial charge in [-0.05, 0) is 31.4 Å². The van der Waals surface area contributed by atoms with Crippen LogP contribution < -0.4 is 9.62 Å². The van der Waals surface area contributed by atoms with Crippen LogP contribution in [0.3, 0.4) is 0 Å². The third kappa shape index (κ3) is 5.28. The number of anilines is 1. The number of hydrogen-bond donors (Lipinski definition) is 1. The van der Waals surface area contributed by atoms with Crippen LogP contribution in [-0.4, -0.2) is 38.3 Å². The maximum absolute atomic E-state index is 12.1. The average Bonchev–Trinajstić information content (AvgIpc) is 2.48. The molecule has 0 aromatic carbocycles. The second kappa shape index (κ2) is 7.75. The Bertz CT molecular complexity index is 519. The van der Waals surface area contributed by atoms with Gasteiger partial charge >= 0.3 is 0 Å². The molecule has 1 atom stereocenters. The molecule has 118 valence electrons. The molecule has 21 heavy (non-hydrogen) atoms. The number of hydrogen-bond acceptors (Lipinski definition) is 4. The molecule has 5 nitrogen and oxygen atoms in total. The lowest BCUT2D eigenvalue weighted by molar-refractivity contribution is 0.463. The Balaban J connectivity index is 1.89. The Hall–Kier alpha value is -1.14. The van der Waals surface area contributed by atoms with E-state index in [1.807, 2.05) is 18.2 Å². The summed E-state index contributed by atoms with van der Waals surface area (Å²) in [4.78, 5) is 6.50. The first kappa shape index (κ1) is 16.2. The SMILES string of the molecule is CCCCCS(=O)(=O)NC1CCCN(c2ccccn2)C1. The monoisotopic (exact) mass is 311 g/mol. The largest absolute Gasteiger partial charge is 0.355 e. The highest BCUT2D eigenvalue weighted by molar-refractivity contribution is 7.89. The zero-order chi connectivity index (χ0) is 15.1. The van der Waals surface area contributed by atoms with Gasteiger partial charge in [-0.1, -0.05) is 25.8 Å². The van der Waals surface area contributed by atoms with E-state index >= 15 is 0 Å². The summed E-state index contributed by atoms with van der Waals surface area (Å²) in [7, 11) is -3.16. The van der Waals surface area contributed by atoms with Gasteiger partial charge in [-0.15, -0.1) is 0 Å². The molecule has 0 bridgehead atoms. The number of unbranched alkanes of at least 4 members (excludes halogenated alkanes) is 2. The molecule has 0 spiro atoms. The van der Waals surface area contributed by atoms with Crippen molar-refractivity contribution in [2.45, 2.75) is 45.1 Å². The third-order valence-electron chi connectivity index (χ3n) is 3.76. The molecule has 1 fully saturated rings. The predicted molar refractivity (Wildman–Crippen MR) is 85.9 cm³/mol. The normalized spacial score (nSPS) is 19.7. The fourth-order valence-electron chi connectivity index (χ4n) is 2.68. The van der Waals surface area contributed by atoms with Crippen molar-refractivity contribution in [3.63, 3.8) is 0 Å². The maximum atomic E-state index is 12.1. The van der Waals surface area contributed by atoms with Crippen LogP contribution in [-0.2, 0) is 10.0 Å². The Kier molecular flexibility index (Phi) is 5.99. The maximum Gasteiger partial charge on any atom is 0.211 e. The highest BCUT2D eigenvalue weighted by Gasteiger charge is 2.24. The van der Waals surface area contributed by atoms with Crippen molar-refractivity contribution in [2.24, 2.45) is 0 Å². The van der Waals surface area contributed by atoms with Gasteiger partial charge in [0.05, 0.1) is 5.75 Å². The van der Waals surface area contributed by atoms with Crippen molar-refractivity contribution in [1.82, 2.24) is 9.71 Å². The van der Waals surface area contributed by atoms with E-state index in [-0.39, 0.29) is 11.8 Å². The van der Waals surface area contributed by atoms with E-state index < -0.39 is 10.0 Å². The Morgan fingerprint density at radius 1 is 1.38 bits per heavy atom. The van der Waals surface area contributed by atoms with Crippen molar-refractivity contribution in [3.8, 4) is 0 Å². The van der Waals surface area contributed by atoms with Gasteiger partial charge in [-0.2, -0.15) is 0 Å². The summed E-state index contributed by atoms with van der Waals surface area (Å²) in [5.74, 6) is 1.16. The summed E-state index contributed by atoms with van der Waals surface area (Å²) < 4.78 is 27.0. The van der Waals surface area contributed by atoms with Crippen molar-refractivity contribution in [2.75, 3.05) is 23.7 Å². The number of nitrogens with zero attached hydrogens (tertiary/aromatic N) is 2. The fraction of sp³-hybridized carbons (Fsp3) is 0.667. The van der Waals surface area contributed by atoms with Crippen LogP contribution in [0.1, 0.15) is 39.0 Å². The van der Waals surface area contributed by atoms with Crippen molar-refractivity contribution >= 4 is 15.8 Å². The van der Waals surface area contributed by atoms with Crippen LogP contribution >= 0.6 is 0 Å². The third-order valence-corrected chi connectivity index (χ3v) is 5.28. The average molecular weight is 311 g/mol. The molecule has 0 radical (unpaired) electrons. The number of aromatic nitrogens is 1. The van der Waals surface area contributed by atoms with E-state index in [2.05, 4.69) is 21.5 Å². The van der Waals surface area contributed by atoms with E-state index in [9.17, 15) is 8.42 Å². The molecule has 0 amide bonds. The molecule has 2 rings (SSSR count). The van der Waals surface area contributed by atoms with Gasteiger partial charge in [0.1, 0.15) is 5.82 Å². The zero-order valence-corrected chi connectivity index (χ0v) is 13.5. The topological polar surface area (TPSA) is 62.3 Å². The highest BCUT2D eigenvalue weighted by Crippen LogP contribution is 2.17. The van der Waals surface area contributed by atoms with E-state index in [1.54, 1.807) is 6.20 Å². The molecule has 1 aromatic rings. The molecule has 2 heterocycles. The number of piperidine rings is 1. The molecule has 1 aromatic heterocycles.